The Bertz CT molecular complexity index is 680. The molecule has 0 bridgehead atoms. The molecule has 0 aliphatic carbocycles. The molecule has 120 valence electrons. The lowest BCUT2D eigenvalue weighted by Gasteiger charge is -2.02. The van der Waals surface area contributed by atoms with Crippen LogP contribution in [0.2, 0.25) is 0 Å². The summed E-state index contributed by atoms with van der Waals surface area (Å²) in [5.41, 5.74) is 0.344. The van der Waals surface area contributed by atoms with Gasteiger partial charge in [-0.15, -0.1) is 0 Å². The Kier molecular flexibility index (Phi) is 7.71. The molecule has 0 atom stereocenters. The lowest BCUT2D eigenvalue weighted by molar-refractivity contribution is -0.390. The molecule has 9 nitrogen and oxygen atoms in total. The fraction of sp³-hybridized carbons (Fsp3) is 0.444. The highest BCUT2D eigenvalue weighted by Gasteiger charge is 2.14. The summed E-state index contributed by atoms with van der Waals surface area (Å²) >= 11 is 0. The highest BCUT2D eigenvalue weighted by molar-refractivity contribution is 8.13. The van der Waals surface area contributed by atoms with E-state index in [-0.39, 0.29) is 18.8 Å². The standard InChI is InChI=1S/C8H10N2O5S.CH3ClO2S/c1-16(13,14)15-6-4-7-3-2-5-9-8(7)10(11)12;1-5(2,3)4/h2-3,5H,4,6H2,1H3;1H3. The first-order chi connectivity index (χ1) is 9.40. The van der Waals surface area contributed by atoms with Gasteiger partial charge in [-0.3, -0.25) is 4.18 Å². The van der Waals surface area contributed by atoms with Gasteiger partial charge in [0.25, 0.3) is 10.1 Å². The van der Waals surface area contributed by atoms with E-state index in [0.29, 0.717) is 5.56 Å². The fourth-order valence-electron chi connectivity index (χ4n) is 1.09. The van der Waals surface area contributed by atoms with Gasteiger partial charge in [-0.2, -0.15) is 8.42 Å². The molecule has 0 unspecified atom stereocenters. The zero-order valence-corrected chi connectivity index (χ0v) is 13.5. The van der Waals surface area contributed by atoms with Crippen molar-refractivity contribution >= 4 is 35.7 Å². The maximum Gasteiger partial charge on any atom is 0.366 e. The van der Waals surface area contributed by atoms with Gasteiger partial charge < -0.3 is 10.1 Å². The van der Waals surface area contributed by atoms with E-state index in [1.165, 1.54) is 12.3 Å². The number of hydrogen-bond donors (Lipinski definition) is 0. The van der Waals surface area contributed by atoms with E-state index in [1.54, 1.807) is 6.07 Å². The zero-order valence-electron chi connectivity index (χ0n) is 11.1. The van der Waals surface area contributed by atoms with Crippen molar-refractivity contribution in [2.75, 3.05) is 19.1 Å². The Morgan fingerprint density at radius 1 is 1.33 bits per heavy atom. The molecule has 0 amide bonds. The third kappa shape index (κ3) is 12.2. The molecular weight excluding hydrogens is 348 g/mol. The van der Waals surface area contributed by atoms with Crippen LogP contribution in [0.1, 0.15) is 5.56 Å². The number of nitro groups is 1. The maximum absolute atomic E-state index is 10.7. The SMILES string of the molecule is CS(=O)(=O)Cl.CS(=O)(=O)OCCc1cccnc1[N+](=O)[O-]. The molecule has 0 aromatic carbocycles. The second kappa shape index (κ2) is 8.22. The smallest absolute Gasteiger partial charge is 0.358 e. The first kappa shape index (κ1) is 19.7. The van der Waals surface area contributed by atoms with Crippen LogP contribution in [0, 0.1) is 10.1 Å². The van der Waals surface area contributed by atoms with Crippen molar-refractivity contribution < 1.29 is 25.9 Å². The lowest BCUT2D eigenvalue weighted by Crippen LogP contribution is -2.07. The van der Waals surface area contributed by atoms with E-state index in [4.69, 9.17) is 0 Å². The van der Waals surface area contributed by atoms with Gasteiger partial charge in [-0.25, -0.2) is 8.42 Å². The number of aromatic nitrogens is 1. The molecule has 1 aromatic rings. The number of pyridine rings is 1. The summed E-state index contributed by atoms with van der Waals surface area (Å²) in [5, 5.41) is 10.6. The van der Waals surface area contributed by atoms with Crippen molar-refractivity contribution in [2.24, 2.45) is 0 Å². The molecule has 0 fully saturated rings. The molecule has 0 spiro atoms. The van der Waals surface area contributed by atoms with Gasteiger partial charge >= 0.3 is 5.82 Å². The van der Waals surface area contributed by atoms with Crippen LogP contribution >= 0.6 is 10.7 Å². The van der Waals surface area contributed by atoms with E-state index >= 15 is 0 Å². The van der Waals surface area contributed by atoms with Crippen LogP contribution in [0.15, 0.2) is 18.3 Å². The topological polar surface area (TPSA) is 134 Å². The predicted molar refractivity (Wildman–Crippen MR) is 76.1 cm³/mol. The molecule has 0 saturated carbocycles. The fourth-order valence-corrected chi connectivity index (χ4v) is 1.48. The largest absolute Gasteiger partial charge is 0.366 e. The van der Waals surface area contributed by atoms with E-state index < -0.39 is 24.1 Å². The van der Waals surface area contributed by atoms with Crippen molar-refractivity contribution in [2.45, 2.75) is 6.42 Å². The summed E-state index contributed by atoms with van der Waals surface area (Å²) in [6.45, 7) is -0.134. The van der Waals surface area contributed by atoms with E-state index in [1.807, 2.05) is 0 Å². The molecule has 1 rings (SSSR count). The van der Waals surface area contributed by atoms with Gasteiger partial charge in [0.15, 0.2) is 0 Å². The van der Waals surface area contributed by atoms with Gasteiger partial charge in [0.05, 0.1) is 24.7 Å². The summed E-state index contributed by atoms with van der Waals surface area (Å²) in [6, 6.07) is 3.06. The van der Waals surface area contributed by atoms with Gasteiger partial charge in [0.1, 0.15) is 6.20 Å². The van der Waals surface area contributed by atoms with E-state index in [2.05, 4.69) is 19.8 Å². The molecule has 1 aromatic heterocycles. The number of nitrogens with zero attached hydrogens (tertiary/aromatic N) is 2. The average Bonchev–Trinajstić information content (AvgIpc) is 2.25. The van der Waals surface area contributed by atoms with E-state index in [0.717, 1.165) is 12.5 Å². The third-order valence-corrected chi connectivity index (χ3v) is 2.30. The van der Waals surface area contributed by atoms with Crippen molar-refractivity contribution in [1.82, 2.24) is 4.98 Å². The minimum absolute atomic E-state index is 0.122. The highest BCUT2D eigenvalue weighted by atomic mass is 35.7. The third-order valence-electron chi connectivity index (χ3n) is 1.71. The zero-order chi connectivity index (χ0) is 16.7. The van der Waals surface area contributed by atoms with Gasteiger partial charge in [-0.1, -0.05) is 0 Å². The number of rotatable bonds is 5. The molecule has 0 radical (unpaired) electrons. The Labute approximate surface area is 126 Å². The Morgan fingerprint density at radius 3 is 2.29 bits per heavy atom. The molecule has 1 heterocycles. The second-order valence-corrected chi connectivity index (χ2v) is 8.39. The number of hydrogen-bond acceptors (Lipinski definition) is 8. The summed E-state index contributed by atoms with van der Waals surface area (Å²) in [6.07, 6.45) is 3.27. The van der Waals surface area contributed by atoms with Gasteiger partial charge in [0.2, 0.25) is 9.05 Å². The van der Waals surface area contributed by atoms with Crippen LogP contribution in [0.3, 0.4) is 0 Å². The van der Waals surface area contributed by atoms with Gasteiger partial charge in [-0.05, 0) is 22.0 Å². The van der Waals surface area contributed by atoms with Crippen LogP contribution in [-0.4, -0.2) is 45.9 Å². The molecule has 0 N–H and O–H groups in total. The van der Waals surface area contributed by atoms with Crippen molar-refractivity contribution in [3.8, 4) is 0 Å². The number of halogens is 1. The van der Waals surface area contributed by atoms with Crippen molar-refractivity contribution in [3.05, 3.63) is 34.0 Å². The lowest BCUT2D eigenvalue weighted by atomic mass is 10.2. The predicted octanol–water partition coefficient (Wildman–Crippen LogP) is 0.693. The van der Waals surface area contributed by atoms with Crippen molar-refractivity contribution in [1.29, 1.82) is 0 Å². The quantitative estimate of drug-likeness (QED) is 0.324. The van der Waals surface area contributed by atoms with Crippen LogP contribution in [0.4, 0.5) is 5.82 Å². The summed E-state index contributed by atoms with van der Waals surface area (Å²) in [5.74, 6) is -0.278. The van der Waals surface area contributed by atoms with E-state index in [9.17, 15) is 26.9 Å². The molecule has 21 heavy (non-hydrogen) atoms. The Balaban J connectivity index is 0.000000690. The first-order valence-corrected chi connectivity index (χ1v) is 9.76. The Morgan fingerprint density at radius 2 is 1.86 bits per heavy atom. The summed E-state index contributed by atoms with van der Waals surface area (Å²) in [7, 11) is -2.21. The monoisotopic (exact) mass is 360 g/mol. The maximum atomic E-state index is 10.7. The molecule has 0 aliphatic rings. The average molecular weight is 361 g/mol. The molecular formula is C9H13ClN2O7S2. The second-order valence-electron chi connectivity index (χ2n) is 3.70. The normalized spacial score (nSPS) is 11.4. The highest BCUT2D eigenvalue weighted by Crippen LogP contribution is 2.14. The molecule has 12 heteroatoms. The van der Waals surface area contributed by atoms with Gasteiger partial charge in [0, 0.05) is 17.1 Å². The van der Waals surface area contributed by atoms with Crippen LogP contribution in [-0.2, 0) is 29.8 Å². The van der Waals surface area contributed by atoms with Crippen LogP contribution in [0.25, 0.3) is 0 Å². The molecule has 0 saturated heterocycles. The minimum Gasteiger partial charge on any atom is -0.358 e. The first-order valence-electron chi connectivity index (χ1n) is 5.22. The summed E-state index contributed by atoms with van der Waals surface area (Å²) in [4.78, 5) is 13.5. The molecule has 0 aliphatic heterocycles. The Hall–Kier alpha value is -1.30. The van der Waals surface area contributed by atoms with Crippen molar-refractivity contribution in [3.63, 3.8) is 0 Å². The summed E-state index contributed by atoms with van der Waals surface area (Å²) < 4.78 is 44.6. The van der Waals surface area contributed by atoms with Crippen LogP contribution in [0.5, 0.6) is 0 Å². The van der Waals surface area contributed by atoms with Crippen LogP contribution < -0.4 is 0 Å². The minimum atomic E-state index is -3.52.